The van der Waals surface area contributed by atoms with Crippen molar-refractivity contribution in [2.75, 3.05) is 0 Å². The maximum Gasteiger partial charge on any atom is 0.244 e. The van der Waals surface area contributed by atoms with Crippen molar-refractivity contribution in [3.63, 3.8) is 0 Å². The molecule has 96 valence electrons. The van der Waals surface area contributed by atoms with Gasteiger partial charge >= 0.3 is 0 Å². The van der Waals surface area contributed by atoms with E-state index in [4.69, 9.17) is 5.11 Å². The highest BCUT2D eigenvalue weighted by molar-refractivity contribution is 5.83. The SMILES string of the molecule is O=C(Cc1ccc(O)cc1)N/N=C\c1ccncc1. The van der Waals surface area contributed by atoms with Crippen molar-refractivity contribution in [2.24, 2.45) is 5.10 Å². The predicted molar refractivity (Wildman–Crippen MR) is 71.8 cm³/mol. The van der Waals surface area contributed by atoms with E-state index in [0.29, 0.717) is 0 Å². The Morgan fingerprint density at radius 2 is 1.89 bits per heavy atom. The van der Waals surface area contributed by atoms with Gasteiger partial charge in [-0.15, -0.1) is 0 Å². The second-order valence-electron chi connectivity index (χ2n) is 3.92. The van der Waals surface area contributed by atoms with Crippen LogP contribution in [0.15, 0.2) is 53.9 Å². The number of carbonyl (C=O) groups is 1. The van der Waals surface area contributed by atoms with Crippen LogP contribution in [-0.2, 0) is 11.2 Å². The van der Waals surface area contributed by atoms with Crippen LogP contribution in [0.2, 0.25) is 0 Å². The third kappa shape index (κ3) is 4.23. The Kier molecular flexibility index (Phi) is 4.23. The van der Waals surface area contributed by atoms with E-state index in [2.05, 4.69) is 15.5 Å². The lowest BCUT2D eigenvalue weighted by atomic mass is 10.1. The van der Waals surface area contributed by atoms with Crippen LogP contribution in [0.3, 0.4) is 0 Å². The summed E-state index contributed by atoms with van der Waals surface area (Å²) >= 11 is 0. The van der Waals surface area contributed by atoms with Gasteiger partial charge in [0, 0.05) is 12.4 Å². The van der Waals surface area contributed by atoms with Crippen molar-refractivity contribution in [3.05, 3.63) is 59.9 Å². The van der Waals surface area contributed by atoms with Crippen LogP contribution in [0.4, 0.5) is 0 Å². The summed E-state index contributed by atoms with van der Waals surface area (Å²) in [7, 11) is 0. The smallest absolute Gasteiger partial charge is 0.244 e. The Balaban J connectivity index is 1.85. The molecule has 0 aliphatic heterocycles. The summed E-state index contributed by atoms with van der Waals surface area (Å²) in [6.45, 7) is 0. The Morgan fingerprint density at radius 1 is 1.21 bits per heavy atom. The molecule has 19 heavy (non-hydrogen) atoms. The van der Waals surface area contributed by atoms with Gasteiger partial charge in [-0.1, -0.05) is 12.1 Å². The lowest BCUT2D eigenvalue weighted by molar-refractivity contribution is -0.120. The van der Waals surface area contributed by atoms with Crippen LogP contribution in [0, 0.1) is 0 Å². The summed E-state index contributed by atoms with van der Waals surface area (Å²) in [6, 6.07) is 10.1. The van der Waals surface area contributed by atoms with Gasteiger partial charge in [0.2, 0.25) is 5.91 Å². The first-order valence-electron chi connectivity index (χ1n) is 5.74. The summed E-state index contributed by atoms with van der Waals surface area (Å²) in [6.07, 6.45) is 5.07. The summed E-state index contributed by atoms with van der Waals surface area (Å²) in [4.78, 5) is 15.5. The second kappa shape index (κ2) is 6.30. The zero-order valence-corrected chi connectivity index (χ0v) is 10.2. The highest BCUT2D eigenvalue weighted by atomic mass is 16.3. The molecule has 0 unspecified atom stereocenters. The zero-order chi connectivity index (χ0) is 13.5. The second-order valence-corrected chi connectivity index (χ2v) is 3.92. The summed E-state index contributed by atoms with van der Waals surface area (Å²) in [5, 5.41) is 13.0. The molecule has 1 heterocycles. The minimum atomic E-state index is -0.212. The number of phenols is 1. The molecule has 0 saturated carbocycles. The van der Waals surface area contributed by atoms with Crippen LogP contribution in [-0.4, -0.2) is 22.2 Å². The number of phenolic OH excluding ortho intramolecular Hbond substituents is 1. The fourth-order valence-electron chi connectivity index (χ4n) is 1.47. The maximum absolute atomic E-state index is 11.6. The molecule has 0 bridgehead atoms. The van der Waals surface area contributed by atoms with Gasteiger partial charge in [-0.05, 0) is 35.4 Å². The molecule has 0 saturated heterocycles. The fraction of sp³-hybridized carbons (Fsp3) is 0.0714. The summed E-state index contributed by atoms with van der Waals surface area (Å²) in [5.41, 5.74) is 4.12. The number of aromatic nitrogens is 1. The van der Waals surface area contributed by atoms with E-state index < -0.39 is 0 Å². The van der Waals surface area contributed by atoms with Crippen LogP contribution < -0.4 is 5.43 Å². The van der Waals surface area contributed by atoms with E-state index in [0.717, 1.165) is 11.1 Å². The highest BCUT2D eigenvalue weighted by Gasteiger charge is 2.01. The number of benzene rings is 1. The third-order valence-electron chi connectivity index (χ3n) is 2.41. The van der Waals surface area contributed by atoms with Crippen molar-refractivity contribution in [1.29, 1.82) is 0 Å². The standard InChI is InChI=1S/C14H13N3O2/c18-13-3-1-11(2-4-13)9-14(19)17-16-10-12-5-7-15-8-6-12/h1-8,10,18H,9H2,(H,17,19)/b16-10-. The van der Waals surface area contributed by atoms with Crippen molar-refractivity contribution in [2.45, 2.75) is 6.42 Å². The molecule has 2 rings (SSSR count). The van der Waals surface area contributed by atoms with E-state index in [1.54, 1.807) is 55.0 Å². The van der Waals surface area contributed by atoms with Gasteiger partial charge in [0.25, 0.3) is 0 Å². The number of carbonyl (C=O) groups excluding carboxylic acids is 1. The monoisotopic (exact) mass is 255 g/mol. The Morgan fingerprint density at radius 3 is 2.58 bits per heavy atom. The molecule has 0 atom stereocenters. The lowest BCUT2D eigenvalue weighted by Gasteiger charge is -2.00. The highest BCUT2D eigenvalue weighted by Crippen LogP contribution is 2.09. The van der Waals surface area contributed by atoms with E-state index >= 15 is 0 Å². The molecular weight excluding hydrogens is 242 g/mol. The van der Waals surface area contributed by atoms with E-state index in [9.17, 15) is 4.79 Å². The summed E-state index contributed by atoms with van der Waals surface area (Å²) in [5.74, 6) is -0.0316. The number of aromatic hydroxyl groups is 1. The molecule has 0 aliphatic rings. The molecule has 2 aromatic rings. The number of pyridine rings is 1. The molecule has 0 radical (unpaired) electrons. The molecule has 5 nitrogen and oxygen atoms in total. The van der Waals surface area contributed by atoms with Gasteiger partial charge in [-0.2, -0.15) is 5.10 Å². The fourth-order valence-corrected chi connectivity index (χ4v) is 1.47. The number of nitrogens with one attached hydrogen (secondary N) is 1. The molecule has 2 N–H and O–H groups in total. The number of amides is 1. The summed E-state index contributed by atoms with van der Waals surface area (Å²) < 4.78 is 0. The van der Waals surface area contributed by atoms with Crippen LogP contribution in [0.25, 0.3) is 0 Å². The van der Waals surface area contributed by atoms with Crippen molar-refractivity contribution in [3.8, 4) is 5.75 Å². The number of hydrazone groups is 1. The van der Waals surface area contributed by atoms with Crippen molar-refractivity contribution in [1.82, 2.24) is 10.4 Å². The van der Waals surface area contributed by atoms with E-state index in [1.807, 2.05) is 0 Å². The Bertz CT molecular complexity index is 565. The van der Waals surface area contributed by atoms with Gasteiger partial charge in [-0.25, -0.2) is 5.43 Å². The van der Waals surface area contributed by atoms with Crippen molar-refractivity contribution >= 4 is 12.1 Å². The number of hydrogen-bond acceptors (Lipinski definition) is 4. The first-order valence-corrected chi connectivity index (χ1v) is 5.74. The average molecular weight is 255 g/mol. The minimum Gasteiger partial charge on any atom is -0.508 e. The lowest BCUT2D eigenvalue weighted by Crippen LogP contribution is -2.19. The molecule has 1 aromatic carbocycles. The normalized spacial score (nSPS) is 10.5. The minimum absolute atomic E-state index is 0.180. The van der Waals surface area contributed by atoms with Gasteiger partial charge in [0.05, 0.1) is 12.6 Å². The van der Waals surface area contributed by atoms with Crippen molar-refractivity contribution < 1.29 is 9.90 Å². The van der Waals surface area contributed by atoms with Gasteiger partial charge in [0.15, 0.2) is 0 Å². The van der Waals surface area contributed by atoms with Crippen LogP contribution in [0.1, 0.15) is 11.1 Å². The van der Waals surface area contributed by atoms with Gasteiger partial charge in [-0.3, -0.25) is 9.78 Å². The molecule has 1 aromatic heterocycles. The van der Waals surface area contributed by atoms with E-state index in [1.165, 1.54) is 0 Å². The third-order valence-corrected chi connectivity index (χ3v) is 2.41. The number of hydrogen-bond donors (Lipinski definition) is 2. The quantitative estimate of drug-likeness (QED) is 0.642. The van der Waals surface area contributed by atoms with Crippen LogP contribution >= 0.6 is 0 Å². The average Bonchev–Trinajstić information content (AvgIpc) is 2.43. The van der Waals surface area contributed by atoms with Gasteiger partial charge < -0.3 is 5.11 Å². The topological polar surface area (TPSA) is 74.6 Å². The molecule has 5 heteroatoms. The Hall–Kier alpha value is -2.69. The predicted octanol–water partition coefficient (Wildman–Crippen LogP) is 1.48. The van der Waals surface area contributed by atoms with Crippen LogP contribution in [0.5, 0.6) is 5.75 Å². The maximum atomic E-state index is 11.6. The molecular formula is C14H13N3O2. The van der Waals surface area contributed by atoms with Gasteiger partial charge in [0.1, 0.15) is 5.75 Å². The first-order chi connectivity index (χ1) is 9.24. The molecule has 1 amide bonds. The molecule has 0 spiro atoms. The molecule has 0 fully saturated rings. The zero-order valence-electron chi connectivity index (χ0n) is 10.2. The number of nitrogens with zero attached hydrogens (tertiary/aromatic N) is 2. The first kappa shape index (κ1) is 12.8. The Labute approximate surface area is 110 Å². The number of rotatable bonds is 4. The molecule has 0 aliphatic carbocycles. The largest absolute Gasteiger partial charge is 0.508 e. The van der Waals surface area contributed by atoms with E-state index in [-0.39, 0.29) is 18.1 Å².